The van der Waals surface area contributed by atoms with Crippen molar-refractivity contribution in [1.29, 1.82) is 0 Å². The maximum absolute atomic E-state index is 12.3. The van der Waals surface area contributed by atoms with Crippen LogP contribution in [0.1, 0.15) is 25.0 Å². The van der Waals surface area contributed by atoms with Gasteiger partial charge in [-0.25, -0.2) is 18.7 Å². The SMILES string of the molecule is Cc1cc(Cn2cc3c(NC(=O)C(C)C)nccc3n2)cnc1OCC(F)F. The van der Waals surface area contributed by atoms with Crippen LogP contribution in [0, 0.1) is 12.8 Å². The second kappa shape index (κ2) is 8.28. The van der Waals surface area contributed by atoms with E-state index in [1.54, 1.807) is 36.3 Å². The molecular formula is C19H21F2N5O2. The van der Waals surface area contributed by atoms with Gasteiger partial charge in [0, 0.05) is 30.1 Å². The first-order chi connectivity index (χ1) is 13.3. The molecule has 3 aromatic rings. The molecule has 0 aromatic carbocycles. The van der Waals surface area contributed by atoms with Crippen LogP contribution < -0.4 is 10.1 Å². The summed E-state index contributed by atoms with van der Waals surface area (Å²) in [6.45, 7) is 5.11. The Morgan fingerprint density at radius 3 is 2.79 bits per heavy atom. The number of ether oxygens (including phenoxy) is 1. The molecule has 0 unspecified atom stereocenters. The molecule has 0 saturated carbocycles. The van der Waals surface area contributed by atoms with Crippen molar-refractivity contribution in [3.8, 4) is 5.88 Å². The zero-order valence-electron chi connectivity index (χ0n) is 15.8. The maximum atomic E-state index is 12.3. The Kier molecular flexibility index (Phi) is 5.81. The number of aromatic nitrogens is 4. The lowest BCUT2D eigenvalue weighted by molar-refractivity contribution is -0.118. The van der Waals surface area contributed by atoms with Crippen LogP contribution in [0.4, 0.5) is 14.6 Å². The lowest BCUT2D eigenvalue weighted by Crippen LogP contribution is -2.18. The Morgan fingerprint density at radius 1 is 1.32 bits per heavy atom. The van der Waals surface area contributed by atoms with Crippen molar-refractivity contribution in [2.24, 2.45) is 5.92 Å². The first-order valence-electron chi connectivity index (χ1n) is 8.83. The van der Waals surface area contributed by atoms with Gasteiger partial charge in [-0.15, -0.1) is 0 Å². The lowest BCUT2D eigenvalue weighted by Gasteiger charge is -2.09. The van der Waals surface area contributed by atoms with E-state index in [2.05, 4.69) is 20.4 Å². The van der Waals surface area contributed by atoms with Gasteiger partial charge < -0.3 is 10.1 Å². The van der Waals surface area contributed by atoms with E-state index in [-0.39, 0.29) is 17.7 Å². The minimum absolute atomic E-state index is 0.119. The van der Waals surface area contributed by atoms with Gasteiger partial charge in [0.25, 0.3) is 6.43 Å². The molecule has 0 aliphatic carbocycles. The molecule has 0 bridgehead atoms. The first kappa shape index (κ1) is 19.7. The van der Waals surface area contributed by atoms with Gasteiger partial charge in [0.1, 0.15) is 5.82 Å². The molecule has 3 heterocycles. The molecule has 0 fully saturated rings. The Hall–Kier alpha value is -3.10. The minimum atomic E-state index is -2.55. The number of alkyl halides is 2. The second-order valence-corrected chi connectivity index (χ2v) is 6.73. The topological polar surface area (TPSA) is 81.9 Å². The number of rotatable bonds is 7. The molecule has 0 aliphatic heterocycles. The highest BCUT2D eigenvalue weighted by Crippen LogP contribution is 2.22. The van der Waals surface area contributed by atoms with E-state index in [0.717, 1.165) is 10.9 Å². The van der Waals surface area contributed by atoms with Crippen molar-refractivity contribution in [1.82, 2.24) is 19.7 Å². The predicted molar refractivity (Wildman–Crippen MR) is 101 cm³/mol. The smallest absolute Gasteiger partial charge is 0.272 e. The summed E-state index contributed by atoms with van der Waals surface area (Å²) in [4.78, 5) is 20.3. The van der Waals surface area contributed by atoms with Crippen LogP contribution in [0.5, 0.6) is 5.88 Å². The molecule has 1 amide bonds. The molecule has 1 N–H and O–H groups in total. The normalized spacial score (nSPS) is 11.4. The molecule has 148 valence electrons. The molecule has 0 atom stereocenters. The summed E-state index contributed by atoms with van der Waals surface area (Å²) in [7, 11) is 0. The van der Waals surface area contributed by atoms with Crippen LogP contribution in [-0.2, 0) is 11.3 Å². The van der Waals surface area contributed by atoms with Gasteiger partial charge >= 0.3 is 0 Å². The van der Waals surface area contributed by atoms with E-state index in [1.165, 1.54) is 0 Å². The van der Waals surface area contributed by atoms with Crippen molar-refractivity contribution in [2.45, 2.75) is 33.7 Å². The van der Waals surface area contributed by atoms with Gasteiger partial charge in [-0.3, -0.25) is 9.48 Å². The summed E-state index contributed by atoms with van der Waals surface area (Å²) in [6.07, 6.45) is 2.42. The highest BCUT2D eigenvalue weighted by atomic mass is 19.3. The quantitative estimate of drug-likeness (QED) is 0.670. The molecule has 3 aromatic heterocycles. The van der Waals surface area contributed by atoms with E-state index < -0.39 is 13.0 Å². The fraction of sp³-hybridized carbons (Fsp3) is 0.368. The van der Waals surface area contributed by atoms with Gasteiger partial charge in [-0.1, -0.05) is 13.8 Å². The molecule has 3 rings (SSSR count). The number of amides is 1. The molecule has 0 spiro atoms. The summed E-state index contributed by atoms with van der Waals surface area (Å²) >= 11 is 0. The van der Waals surface area contributed by atoms with Gasteiger partial charge in [0.05, 0.1) is 17.4 Å². The van der Waals surface area contributed by atoms with E-state index >= 15 is 0 Å². The summed E-state index contributed by atoms with van der Waals surface area (Å²) < 4.78 is 31.3. The third-order valence-electron chi connectivity index (χ3n) is 4.02. The molecule has 28 heavy (non-hydrogen) atoms. The lowest BCUT2D eigenvalue weighted by atomic mass is 10.2. The Balaban J connectivity index is 1.79. The highest BCUT2D eigenvalue weighted by molar-refractivity contribution is 5.99. The average molecular weight is 389 g/mol. The summed E-state index contributed by atoms with van der Waals surface area (Å²) in [5, 5.41) is 8.04. The number of nitrogens with one attached hydrogen (secondary N) is 1. The largest absolute Gasteiger partial charge is 0.471 e. The van der Waals surface area contributed by atoms with Crippen molar-refractivity contribution in [3.63, 3.8) is 0 Å². The van der Waals surface area contributed by atoms with Crippen molar-refractivity contribution >= 4 is 22.6 Å². The summed E-state index contributed by atoms with van der Waals surface area (Å²) in [6, 6.07) is 3.58. The van der Waals surface area contributed by atoms with Crippen LogP contribution in [0.3, 0.4) is 0 Å². The highest BCUT2D eigenvalue weighted by Gasteiger charge is 2.13. The number of pyridine rings is 2. The zero-order valence-corrected chi connectivity index (χ0v) is 15.8. The van der Waals surface area contributed by atoms with Crippen molar-refractivity contribution in [3.05, 3.63) is 41.9 Å². The van der Waals surface area contributed by atoms with Crippen LogP contribution in [0.2, 0.25) is 0 Å². The third kappa shape index (κ3) is 4.59. The van der Waals surface area contributed by atoms with Crippen LogP contribution in [0.15, 0.2) is 30.7 Å². The predicted octanol–water partition coefficient (Wildman–Crippen LogP) is 3.42. The average Bonchev–Trinajstić information content (AvgIpc) is 3.04. The van der Waals surface area contributed by atoms with E-state index in [4.69, 9.17) is 4.74 Å². The third-order valence-corrected chi connectivity index (χ3v) is 4.02. The van der Waals surface area contributed by atoms with E-state index in [1.807, 2.05) is 19.9 Å². The zero-order chi connectivity index (χ0) is 20.3. The van der Waals surface area contributed by atoms with Gasteiger partial charge in [0.2, 0.25) is 11.8 Å². The molecule has 7 nitrogen and oxygen atoms in total. The van der Waals surface area contributed by atoms with Crippen LogP contribution >= 0.6 is 0 Å². The number of hydrogen-bond donors (Lipinski definition) is 1. The van der Waals surface area contributed by atoms with Gasteiger partial charge in [-0.2, -0.15) is 5.10 Å². The number of carbonyl (C=O) groups is 1. The van der Waals surface area contributed by atoms with Crippen LogP contribution in [0.25, 0.3) is 10.9 Å². The molecular weight excluding hydrogens is 368 g/mol. The van der Waals surface area contributed by atoms with Crippen molar-refractivity contribution in [2.75, 3.05) is 11.9 Å². The fourth-order valence-electron chi connectivity index (χ4n) is 2.62. The van der Waals surface area contributed by atoms with Gasteiger partial charge in [0.15, 0.2) is 6.61 Å². The number of carbonyl (C=O) groups excluding carboxylic acids is 1. The molecule has 0 radical (unpaired) electrons. The number of nitrogens with zero attached hydrogens (tertiary/aromatic N) is 4. The van der Waals surface area contributed by atoms with E-state index in [0.29, 0.717) is 23.4 Å². The second-order valence-electron chi connectivity index (χ2n) is 6.73. The van der Waals surface area contributed by atoms with Crippen molar-refractivity contribution < 1.29 is 18.3 Å². The number of anilines is 1. The number of fused-ring (bicyclic) bond motifs is 1. The fourth-order valence-corrected chi connectivity index (χ4v) is 2.62. The molecule has 0 saturated heterocycles. The number of aryl methyl sites for hydroxylation is 1. The molecule has 0 aliphatic rings. The number of halogens is 2. The Morgan fingerprint density at radius 2 is 2.11 bits per heavy atom. The molecule has 9 heteroatoms. The standard InChI is InChI=1S/C19H21F2N5O2/c1-11(2)18(27)24-17-14-9-26(25-15(14)4-5-22-17)8-13-6-12(3)19(23-7-13)28-10-16(20)21/h4-7,9,11,16H,8,10H2,1-3H3,(H,22,24,27). The van der Waals surface area contributed by atoms with Gasteiger partial charge in [-0.05, 0) is 24.6 Å². The van der Waals surface area contributed by atoms with Crippen LogP contribution in [-0.4, -0.2) is 38.7 Å². The van der Waals surface area contributed by atoms with E-state index in [9.17, 15) is 13.6 Å². The Labute approximate surface area is 160 Å². The number of hydrogen-bond acceptors (Lipinski definition) is 5. The Bertz CT molecular complexity index is 988. The summed E-state index contributed by atoms with van der Waals surface area (Å²) in [5.41, 5.74) is 2.22. The summed E-state index contributed by atoms with van der Waals surface area (Å²) in [5.74, 6) is 0.379. The maximum Gasteiger partial charge on any atom is 0.272 e. The minimum Gasteiger partial charge on any atom is -0.471 e. The first-order valence-corrected chi connectivity index (χ1v) is 8.83. The monoisotopic (exact) mass is 389 g/mol.